The van der Waals surface area contributed by atoms with E-state index in [0.29, 0.717) is 38.1 Å². The summed E-state index contributed by atoms with van der Waals surface area (Å²) < 4.78 is 44.2. The number of carbonyl (C=O) groups excluding carboxylic acids is 2. The molecule has 0 atom stereocenters. The van der Waals surface area contributed by atoms with Gasteiger partial charge in [-0.25, -0.2) is 0 Å². The molecule has 0 aliphatic carbocycles. The number of H-pyrrole nitrogens is 1. The molecule has 0 aliphatic heterocycles. The lowest BCUT2D eigenvalue weighted by atomic mass is 10.1. The van der Waals surface area contributed by atoms with Crippen molar-refractivity contribution in [1.29, 1.82) is 0 Å². The molecule has 0 saturated heterocycles. The summed E-state index contributed by atoms with van der Waals surface area (Å²) in [6.07, 6.45) is -0.0243. The lowest BCUT2D eigenvalue weighted by Crippen LogP contribution is -2.44. The van der Waals surface area contributed by atoms with E-state index in [0.717, 1.165) is 41.4 Å². The highest BCUT2D eigenvalue weighted by Gasteiger charge is 2.30. The average Bonchev–Trinajstić information content (AvgIpc) is 3.30. The number of ether oxygens (including phenoxy) is 1. The van der Waals surface area contributed by atoms with Crippen LogP contribution < -0.4 is 0 Å². The number of rotatable bonds is 13. The van der Waals surface area contributed by atoms with E-state index in [1.165, 1.54) is 24.1 Å². The standard InChI is InChI=1S/C28H34F3N3O3/c1-3-4-9-26(35)34(16-17-37-2)20-27(36)33(19-21-10-12-23(13-11-21)28(29,30)31)15-14-22-18-32-25-8-6-5-7-24(22)25/h5-8,10-13,18,32H,3-4,9,14-17,19-20H2,1-2H3. The Morgan fingerprint density at radius 1 is 0.973 bits per heavy atom. The number of halogens is 3. The average molecular weight is 518 g/mol. The fraction of sp³-hybridized carbons (Fsp3) is 0.429. The van der Waals surface area contributed by atoms with Gasteiger partial charge in [-0.3, -0.25) is 9.59 Å². The van der Waals surface area contributed by atoms with Crippen LogP contribution in [0, 0.1) is 0 Å². The zero-order valence-corrected chi connectivity index (χ0v) is 21.3. The highest BCUT2D eigenvalue weighted by Crippen LogP contribution is 2.29. The van der Waals surface area contributed by atoms with Crippen molar-refractivity contribution in [3.8, 4) is 0 Å². The van der Waals surface area contributed by atoms with Crippen molar-refractivity contribution in [3.05, 3.63) is 71.4 Å². The zero-order chi connectivity index (χ0) is 26.8. The topological polar surface area (TPSA) is 65.6 Å². The van der Waals surface area contributed by atoms with Gasteiger partial charge >= 0.3 is 6.18 Å². The molecule has 0 unspecified atom stereocenters. The van der Waals surface area contributed by atoms with E-state index in [2.05, 4.69) is 4.98 Å². The first-order valence-electron chi connectivity index (χ1n) is 12.5. The molecule has 1 heterocycles. The van der Waals surface area contributed by atoms with Crippen molar-refractivity contribution >= 4 is 22.7 Å². The van der Waals surface area contributed by atoms with Crippen molar-refractivity contribution in [1.82, 2.24) is 14.8 Å². The van der Waals surface area contributed by atoms with Gasteiger partial charge in [-0.15, -0.1) is 0 Å². The van der Waals surface area contributed by atoms with Gasteiger partial charge in [0.25, 0.3) is 0 Å². The van der Waals surface area contributed by atoms with Crippen LogP contribution >= 0.6 is 0 Å². The van der Waals surface area contributed by atoms with E-state index in [1.807, 2.05) is 37.4 Å². The minimum Gasteiger partial charge on any atom is -0.383 e. The molecule has 200 valence electrons. The second-order valence-corrected chi connectivity index (χ2v) is 9.03. The minimum atomic E-state index is -4.43. The SMILES string of the molecule is CCCCC(=O)N(CCOC)CC(=O)N(CCc1c[nH]c2ccccc12)Cc1ccc(C(F)(F)F)cc1. The Kier molecular flexibility index (Phi) is 10.1. The maximum absolute atomic E-state index is 13.5. The molecular weight excluding hydrogens is 483 g/mol. The number of unbranched alkanes of at least 4 members (excludes halogenated alkanes) is 1. The number of nitrogens with zero attached hydrogens (tertiary/aromatic N) is 2. The number of nitrogens with one attached hydrogen (secondary N) is 1. The second-order valence-electron chi connectivity index (χ2n) is 9.03. The third-order valence-electron chi connectivity index (χ3n) is 6.32. The van der Waals surface area contributed by atoms with Gasteiger partial charge in [-0.05, 0) is 42.2 Å². The van der Waals surface area contributed by atoms with Gasteiger partial charge in [-0.2, -0.15) is 13.2 Å². The highest BCUT2D eigenvalue weighted by atomic mass is 19.4. The molecule has 1 aromatic heterocycles. The molecule has 9 heteroatoms. The van der Waals surface area contributed by atoms with E-state index in [-0.39, 0.29) is 24.9 Å². The van der Waals surface area contributed by atoms with Crippen LogP contribution in [0.3, 0.4) is 0 Å². The van der Waals surface area contributed by atoms with Crippen LogP contribution in [0.5, 0.6) is 0 Å². The van der Waals surface area contributed by atoms with Gasteiger partial charge in [0.05, 0.1) is 18.7 Å². The molecule has 0 radical (unpaired) electrons. The number of hydrogen-bond acceptors (Lipinski definition) is 3. The largest absolute Gasteiger partial charge is 0.416 e. The number of carbonyl (C=O) groups is 2. The molecule has 0 bridgehead atoms. The molecule has 0 saturated carbocycles. The third-order valence-corrected chi connectivity index (χ3v) is 6.32. The fourth-order valence-electron chi connectivity index (χ4n) is 4.15. The summed E-state index contributed by atoms with van der Waals surface area (Å²) in [7, 11) is 1.54. The van der Waals surface area contributed by atoms with Gasteiger partial charge in [0.15, 0.2) is 0 Å². The van der Waals surface area contributed by atoms with Gasteiger partial charge in [-0.1, -0.05) is 43.7 Å². The summed E-state index contributed by atoms with van der Waals surface area (Å²) in [4.78, 5) is 32.5. The number of hydrogen-bond donors (Lipinski definition) is 1. The highest BCUT2D eigenvalue weighted by molar-refractivity contribution is 5.85. The first-order chi connectivity index (χ1) is 17.7. The van der Waals surface area contributed by atoms with Crippen molar-refractivity contribution in [3.63, 3.8) is 0 Å². The first-order valence-corrected chi connectivity index (χ1v) is 12.5. The number of aromatic amines is 1. The van der Waals surface area contributed by atoms with Crippen LogP contribution in [0.1, 0.15) is 42.9 Å². The summed E-state index contributed by atoms with van der Waals surface area (Å²) in [5.74, 6) is -0.376. The Balaban J connectivity index is 1.79. The molecule has 3 rings (SSSR count). The number of fused-ring (bicyclic) bond motifs is 1. The van der Waals surface area contributed by atoms with E-state index in [9.17, 15) is 22.8 Å². The van der Waals surface area contributed by atoms with Crippen LogP contribution in [-0.4, -0.2) is 59.9 Å². The fourth-order valence-corrected chi connectivity index (χ4v) is 4.15. The molecule has 3 aromatic rings. The van der Waals surface area contributed by atoms with Gasteiger partial charge in [0.2, 0.25) is 11.8 Å². The summed E-state index contributed by atoms with van der Waals surface area (Å²) in [5.41, 5.74) is 1.88. The van der Waals surface area contributed by atoms with Crippen molar-refractivity contribution in [2.24, 2.45) is 0 Å². The quantitative estimate of drug-likeness (QED) is 0.329. The molecule has 0 spiro atoms. The molecular formula is C28H34F3N3O3. The number of methoxy groups -OCH3 is 1. The lowest BCUT2D eigenvalue weighted by molar-refractivity contribution is -0.141. The number of benzene rings is 2. The normalized spacial score (nSPS) is 11.6. The van der Waals surface area contributed by atoms with Gasteiger partial charge in [0.1, 0.15) is 0 Å². The van der Waals surface area contributed by atoms with Crippen molar-refractivity contribution in [2.45, 2.75) is 45.3 Å². The molecule has 1 N–H and O–H groups in total. The Morgan fingerprint density at radius 2 is 1.70 bits per heavy atom. The van der Waals surface area contributed by atoms with Gasteiger partial charge < -0.3 is 19.5 Å². The Labute approximate surface area is 215 Å². The third kappa shape index (κ3) is 8.08. The number of para-hydroxylation sites is 1. The summed E-state index contributed by atoms with van der Waals surface area (Å²) >= 11 is 0. The number of alkyl halides is 3. The van der Waals surface area contributed by atoms with E-state index in [1.54, 1.807) is 4.90 Å². The van der Waals surface area contributed by atoms with Crippen LogP contribution in [0.15, 0.2) is 54.7 Å². The maximum Gasteiger partial charge on any atom is 0.416 e. The molecule has 6 nitrogen and oxygen atoms in total. The van der Waals surface area contributed by atoms with Crippen LogP contribution in [0.4, 0.5) is 13.2 Å². The molecule has 0 fully saturated rings. The Morgan fingerprint density at radius 3 is 2.38 bits per heavy atom. The summed E-state index contributed by atoms with van der Waals surface area (Å²) in [5, 5.41) is 1.06. The maximum atomic E-state index is 13.5. The molecule has 2 amide bonds. The summed E-state index contributed by atoms with van der Waals surface area (Å²) in [6, 6.07) is 12.7. The predicted molar refractivity (Wildman–Crippen MR) is 137 cm³/mol. The van der Waals surface area contributed by atoms with Crippen LogP contribution in [0.25, 0.3) is 10.9 Å². The second kappa shape index (κ2) is 13.3. The lowest BCUT2D eigenvalue weighted by Gasteiger charge is -2.28. The van der Waals surface area contributed by atoms with Crippen molar-refractivity contribution < 1.29 is 27.5 Å². The minimum absolute atomic E-state index is 0.111. The van der Waals surface area contributed by atoms with Gasteiger partial charge in [0, 0.05) is 50.3 Å². The molecule has 2 aromatic carbocycles. The number of aromatic nitrogens is 1. The van der Waals surface area contributed by atoms with E-state index < -0.39 is 11.7 Å². The summed E-state index contributed by atoms with van der Waals surface area (Å²) in [6.45, 7) is 2.97. The first kappa shape index (κ1) is 28.2. The Hall–Kier alpha value is -3.33. The van der Waals surface area contributed by atoms with E-state index >= 15 is 0 Å². The smallest absolute Gasteiger partial charge is 0.383 e. The molecule has 37 heavy (non-hydrogen) atoms. The van der Waals surface area contributed by atoms with Crippen molar-refractivity contribution in [2.75, 3.05) is 33.4 Å². The molecule has 0 aliphatic rings. The van der Waals surface area contributed by atoms with E-state index in [4.69, 9.17) is 4.74 Å². The number of amides is 2. The zero-order valence-electron chi connectivity index (χ0n) is 21.3. The van der Waals surface area contributed by atoms with Crippen LogP contribution in [-0.2, 0) is 33.5 Å². The van der Waals surface area contributed by atoms with Crippen LogP contribution in [0.2, 0.25) is 0 Å². The Bertz CT molecular complexity index is 1160. The monoisotopic (exact) mass is 517 g/mol. The predicted octanol–water partition coefficient (Wildman–Crippen LogP) is 5.42.